The topological polar surface area (TPSA) is 109 Å². The van der Waals surface area contributed by atoms with Crippen molar-refractivity contribution >= 4 is 5.97 Å². The van der Waals surface area contributed by atoms with Crippen LogP contribution in [0.2, 0.25) is 0 Å². The summed E-state index contributed by atoms with van der Waals surface area (Å²) in [5.41, 5.74) is 2.17. The summed E-state index contributed by atoms with van der Waals surface area (Å²) in [5.74, 6) is -0.654. The minimum atomic E-state index is -5.08. The van der Waals surface area contributed by atoms with Crippen LogP contribution in [0.15, 0.2) is 43.1 Å². The van der Waals surface area contributed by atoms with E-state index in [1.165, 1.54) is 18.7 Å². The first-order chi connectivity index (χ1) is 14.3. The summed E-state index contributed by atoms with van der Waals surface area (Å²) < 4.78 is 34.0. The van der Waals surface area contributed by atoms with Crippen LogP contribution in [-0.2, 0) is 24.3 Å². The van der Waals surface area contributed by atoms with Crippen molar-refractivity contribution in [1.29, 1.82) is 0 Å². The Morgan fingerprint density at radius 2 is 2.13 bits per heavy atom. The number of aromatic nitrogens is 5. The Kier molecular flexibility index (Phi) is 6.83. The van der Waals surface area contributed by atoms with Crippen LogP contribution in [-0.4, -0.2) is 41.8 Å². The number of hydrogen-bond donors (Lipinski definition) is 3. The minimum absolute atomic E-state index is 0.0163. The molecule has 0 fully saturated rings. The highest BCUT2D eigenvalue weighted by molar-refractivity contribution is 5.73. The van der Waals surface area contributed by atoms with Gasteiger partial charge in [-0.3, -0.25) is 10.3 Å². The second-order valence-electron chi connectivity index (χ2n) is 6.68. The number of nitrogens with one attached hydrogen (secondary N) is 2. The Balaban J connectivity index is 0.000000318. The average Bonchev–Trinajstić information content (AvgIpc) is 3.38. The van der Waals surface area contributed by atoms with Crippen molar-refractivity contribution in [2.75, 3.05) is 0 Å². The summed E-state index contributed by atoms with van der Waals surface area (Å²) in [6, 6.07) is 3.99. The summed E-state index contributed by atoms with van der Waals surface area (Å²) in [4.78, 5) is 25.5. The van der Waals surface area contributed by atoms with Gasteiger partial charge >= 0.3 is 12.1 Å². The monoisotopic (exact) mass is 422 g/mol. The number of H-pyrrole nitrogens is 1. The van der Waals surface area contributed by atoms with Crippen molar-refractivity contribution in [1.82, 2.24) is 29.8 Å². The predicted octanol–water partition coefficient (Wildman–Crippen LogP) is 2.85. The Morgan fingerprint density at radius 1 is 1.33 bits per heavy atom. The van der Waals surface area contributed by atoms with Crippen LogP contribution in [0, 0.1) is 0 Å². The molecule has 1 atom stereocenters. The molecule has 3 aromatic heterocycles. The highest BCUT2D eigenvalue weighted by Gasteiger charge is 2.38. The molecule has 0 aromatic carbocycles. The Morgan fingerprint density at radius 3 is 2.73 bits per heavy atom. The number of hydrogen-bond acceptors (Lipinski definition) is 5. The Hall–Kier alpha value is -3.21. The lowest BCUT2D eigenvalue weighted by Gasteiger charge is -2.16. The fourth-order valence-corrected chi connectivity index (χ4v) is 3.12. The van der Waals surface area contributed by atoms with Crippen LogP contribution in [0.4, 0.5) is 13.2 Å². The van der Waals surface area contributed by atoms with Crippen molar-refractivity contribution < 1.29 is 23.1 Å². The fraction of sp³-hybridized carbons (Fsp3) is 0.368. The minimum Gasteiger partial charge on any atom is -0.475 e. The van der Waals surface area contributed by atoms with Gasteiger partial charge in [-0.2, -0.15) is 13.2 Å². The molecule has 0 radical (unpaired) electrons. The SMILES string of the molecule is O=C(O)C(F)(F)F.c1cncc(C(NCc2cn3c(n2)CCCC3)c2ncc[nH]2)c1. The number of aromatic amines is 1. The molecule has 11 heteroatoms. The molecule has 0 saturated heterocycles. The number of pyridine rings is 1. The summed E-state index contributed by atoms with van der Waals surface area (Å²) in [6.45, 7) is 1.80. The molecule has 3 aromatic rings. The summed E-state index contributed by atoms with van der Waals surface area (Å²) in [6.07, 6.45) is 7.94. The number of carboxylic acids is 1. The maximum atomic E-state index is 10.6. The van der Waals surface area contributed by atoms with Crippen LogP contribution < -0.4 is 5.32 Å². The van der Waals surface area contributed by atoms with Crippen molar-refractivity contribution in [3.8, 4) is 0 Å². The highest BCUT2D eigenvalue weighted by atomic mass is 19.4. The fourth-order valence-electron chi connectivity index (χ4n) is 3.12. The van der Waals surface area contributed by atoms with Crippen molar-refractivity contribution in [3.63, 3.8) is 0 Å². The number of alkyl halides is 3. The number of nitrogens with zero attached hydrogens (tertiary/aromatic N) is 4. The zero-order chi connectivity index (χ0) is 21.6. The van der Waals surface area contributed by atoms with E-state index in [9.17, 15) is 13.2 Å². The second-order valence-corrected chi connectivity index (χ2v) is 6.68. The molecule has 3 N–H and O–H groups in total. The molecule has 30 heavy (non-hydrogen) atoms. The first-order valence-electron chi connectivity index (χ1n) is 9.32. The normalized spacial score (nSPS) is 14.4. The first kappa shape index (κ1) is 21.5. The van der Waals surface area contributed by atoms with Gasteiger partial charge in [0, 0.05) is 50.5 Å². The third-order valence-corrected chi connectivity index (χ3v) is 4.50. The number of aryl methyl sites for hydroxylation is 2. The van der Waals surface area contributed by atoms with E-state index in [2.05, 4.69) is 37.1 Å². The molecule has 0 aliphatic carbocycles. The molecule has 0 bridgehead atoms. The van der Waals surface area contributed by atoms with Crippen molar-refractivity contribution in [2.24, 2.45) is 0 Å². The quantitative estimate of drug-likeness (QED) is 0.584. The lowest BCUT2D eigenvalue weighted by Crippen LogP contribution is -2.23. The Labute approximate surface area is 170 Å². The van der Waals surface area contributed by atoms with E-state index in [1.807, 2.05) is 18.5 Å². The molecular weight excluding hydrogens is 401 g/mol. The van der Waals surface area contributed by atoms with Gasteiger partial charge in [-0.1, -0.05) is 6.07 Å². The average molecular weight is 422 g/mol. The lowest BCUT2D eigenvalue weighted by molar-refractivity contribution is -0.192. The van der Waals surface area contributed by atoms with Gasteiger partial charge in [-0.25, -0.2) is 14.8 Å². The second kappa shape index (κ2) is 9.53. The van der Waals surface area contributed by atoms with Gasteiger partial charge in [0.05, 0.1) is 11.7 Å². The van der Waals surface area contributed by atoms with Crippen LogP contribution >= 0.6 is 0 Å². The third-order valence-electron chi connectivity index (χ3n) is 4.50. The predicted molar refractivity (Wildman–Crippen MR) is 100 cm³/mol. The smallest absolute Gasteiger partial charge is 0.475 e. The van der Waals surface area contributed by atoms with Crippen molar-refractivity contribution in [2.45, 2.75) is 44.6 Å². The first-order valence-corrected chi connectivity index (χ1v) is 9.32. The third kappa shape index (κ3) is 5.66. The van der Waals surface area contributed by atoms with Crippen LogP contribution in [0.3, 0.4) is 0 Å². The number of halogens is 3. The van der Waals surface area contributed by atoms with Gasteiger partial charge in [0.2, 0.25) is 0 Å². The van der Waals surface area contributed by atoms with E-state index < -0.39 is 12.1 Å². The summed E-state index contributed by atoms with van der Waals surface area (Å²) in [7, 11) is 0. The lowest BCUT2D eigenvalue weighted by atomic mass is 10.1. The maximum absolute atomic E-state index is 10.6. The summed E-state index contributed by atoms with van der Waals surface area (Å²) in [5, 5.41) is 10.7. The van der Waals surface area contributed by atoms with Crippen molar-refractivity contribution in [3.05, 3.63) is 66.0 Å². The number of imidazole rings is 2. The molecule has 4 heterocycles. The number of fused-ring (bicyclic) bond motifs is 1. The molecule has 1 unspecified atom stereocenters. The summed E-state index contributed by atoms with van der Waals surface area (Å²) >= 11 is 0. The molecule has 4 rings (SSSR count). The van der Waals surface area contributed by atoms with E-state index in [0.29, 0.717) is 6.54 Å². The number of aliphatic carboxylic acids is 1. The van der Waals surface area contributed by atoms with Crippen LogP contribution in [0.25, 0.3) is 0 Å². The van der Waals surface area contributed by atoms with Gasteiger partial charge in [0.1, 0.15) is 11.6 Å². The van der Waals surface area contributed by atoms with E-state index >= 15 is 0 Å². The highest BCUT2D eigenvalue weighted by Crippen LogP contribution is 2.19. The van der Waals surface area contributed by atoms with Gasteiger partial charge < -0.3 is 14.7 Å². The van der Waals surface area contributed by atoms with Crippen LogP contribution in [0.5, 0.6) is 0 Å². The van der Waals surface area contributed by atoms with Gasteiger partial charge in [-0.15, -0.1) is 0 Å². The molecule has 1 aliphatic heterocycles. The number of carboxylic acid groups (broad SMARTS) is 1. The molecule has 160 valence electrons. The zero-order valence-electron chi connectivity index (χ0n) is 15.9. The standard InChI is InChI=1S/C17H20N6.C2HF3O2/c1-2-9-23-12-14(22-15(23)5-1)11-21-16(17-19-7-8-20-17)13-4-3-6-18-10-13;3-2(4,5)1(6)7/h3-4,6-8,10,12,16,21H,1-2,5,9,11H2,(H,19,20);(H,6,7). The number of carbonyl (C=O) groups is 1. The Bertz CT molecular complexity index is 918. The largest absolute Gasteiger partial charge is 0.490 e. The van der Waals surface area contributed by atoms with E-state index in [1.54, 1.807) is 12.4 Å². The van der Waals surface area contributed by atoms with Gasteiger partial charge in [0.25, 0.3) is 0 Å². The van der Waals surface area contributed by atoms with Gasteiger partial charge in [0.15, 0.2) is 0 Å². The van der Waals surface area contributed by atoms with Crippen LogP contribution in [0.1, 0.15) is 41.8 Å². The molecule has 0 spiro atoms. The molecule has 0 saturated carbocycles. The van der Waals surface area contributed by atoms with E-state index in [-0.39, 0.29) is 6.04 Å². The molecule has 0 amide bonds. The molecular formula is C19H21F3N6O2. The van der Waals surface area contributed by atoms with Gasteiger partial charge in [-0.05, 0) is 24.5 Å². The molecule has 8 nitrogen and oxygen atoms in total. The molecule has 1 aliphatic rings. The van der Waals surface area contributed by atoms with E-state index in [4.69, 9.17) is 14.9 Å². The van der Waals surface area contributed by atoms with E-state index in [0.717, 1.165) is 30.0 Å². The maximum Gasteiger partial charge on any atom is 0.490 e. The number of rotatable bonds is 5. The zero-order valence-corrected chi connectivity index (χ0v) is 15.9.